The highest BCUT2D eigenvalue weighted by Gasteiger charge is 2.29. The zero-order valence-electron chi connectivity index (χ0n) is 31.8. The van der Waals surface area contributed by atoms with Gasteiger partial charge in [-0.2, -0.15) is 26.3 Å². The van der Waals surface area contributed by atoms with Gasteiger partial charge in [0.1, 0.15) is 31.1 Å². The molecule has 3 aromatic carbocycles. The maximum atomic E-state index is 13.1. The van der Waals surface area contributed by atoms with Gasteiger partial charge in [0, 0.05) is 55.6 Å². The minimum Gasteiger partial charge on any atom is -0.542 e. The molecule has 2 amide bonds. The lowest BCUT2D eigenvalue weighted by Gasteiger charge is -2.24. The fraction of sp³-hybridized carbons (Fsp3) is 0.421. The van der Waals surface area contributed by atoms with E-state index in [4.69, 9.17) is 19.8 Å². The Labute approximate surface area is 335 Å². The van der Waals surface area contributed by atoms with E-state index in [1.807, 2.05) is 17.0 Å². The molecule has 21 heteroatoms. The molecule has 326 valence electrons. The number of rotatable bonds is 20. The number of amides is 2. The van der Waals surface area contributed by atoms with Crippen LogP contribution in [0.4, 0.5) is 32.0 Å². The van der Waals surface area contributed by atoms with Crippen molar-refractivity contribution in [1.82, 2.24) is 10.2 Å². The van der Waals surface area contributed by atoms with Crippen LogP contribution < -0.4 is 26.2 Å². The van der Waals surface area contributed by atoms with Crippen molar-refractivity contribution in [3.8, 4) is 0 Å². The van der Waals surface area contributed by atoms with Crippen LogP contribution >= 0.6 is 0 Å². The summed E-state index contributed by atoms with van der Waals surface area (Å²) >= 11 is 0. The topological polar surface area (TPSA) is 245 Å². The number of alkyl halides is 6. The van der Waals surface area contributed by atoms with Crippen LogP contribution in [0.25, 0.3) is 0 Å². The highest BCUT2D eigenvalue weighted by atomic mass is 19.4. The maximum Gasteiger partial charge on any atom is 0.430 e. The van der Waals surface area contributed by atoms with Crippen LogP contribution in [-0.2, 0) is 32.3 Å². The van der Waals surface area contributed by atoms with Gasteiger partial charge in [-0.05, 0) is 30.5 Å². The van der Waals surface area contributed by atoms with E-state index >= 15 is 0 Å². The van der Waals surface area contributed by atoms with Crippen LogP contribution in [0.15, 0.2) is 84.9 Å². The van der Waals surface area contributed by atoms with E-state index in [2.05, 4.69) is 59.6 Å². The number of hydrogen-bond acceptors (Lipinski definition) is 10. The van der Waals surface area contributed by atoms with Crippen LogP contribution in [0, 0.1) is 10.1 Å². The average Bonchev–Trinajstić information content (AvgIpc) is 3.19. The second-order valence-corrected chi connectivity index (χ2v) is 12.8. The minimum absolute atomic E-state index is 0.00808. The number of carboxylic acid groups (broad SMARTS) is 2. The molecule has 0 unspecified atom stereocenters. The van der Waals surface area contributed by atoms with Gasteiger partial charge in [-0.25, -0.2) is 0 Å². The number of nitrogens with one attached hydrogen (secondary N) is 2. The lowest BCUT2D eigenvalue weighted by atomic mass is 10.0. The van der Waals surface area contributed by atoms with E-state index in [0.29, 0.717) is 25.2 Å². The molecule has 15 nitrogen and oxygen atoms in total. The Balaban J connectivity index is 0.00000106. The van der Waals surface area contributed by atoms with Gasteiger partial charge in [0.25, 0.3) is 5.69 Å². The van der Waals surface area contributed by atoms with Crippen molar-refractivity contribution in [1.29, 1.82) is 0 Å². The van der Waals surface area contributed by atoms with Gasteiger partial charge in [-0.3, -0.25) is 19.7 Å². The third-order valence-electron chi connectivity index (χ3n) is 8.23. The van der Waals surface area contributed by atoms with Gasteiger partial charge in [-0.15, -0.1) is 0 Å². The fourth-order valence-electron chi connectivity index (χ4n) is 5.26. The summed E-state index contributed by atoms with van der Waals surface area (Å²) in [5.74, 6) is -6.60. The summed E-state index contributed by atoms with van der Waals surface area (Å²) in [6.45, 7) is 4.14. The first-order chi connectivity index (χ1) is 27.7. The molecule has 3 rings (SSSR count). The molecule has 2 atom stereocenters. The molecular weight excluding hydrogens is 800 g/mol. The smallest absolute Gasteiger partial charge is 0.430 e. The number of quaternary nitrogens is 2. The Morgan fingerprint density at radius 3 is 1.63 bits per heavy atom. The highest BCUT2D eigenvalue weighted by Crippen LogP contribution is 2.21. The van der Waals surface area contributed by atoms with Gasteiger partial charge in [0.05, 0.1) is 30.7 Å². The van der Waals surface area contributed by atoms with Crippen molar-refractivity contribution in [3.05, 3.63) is 112 Å². The van der Waals surface area contributed by atoms with Crippen molar-refractivity contribution < 1.29 is 81.5 Å². The standard InChI is InChI=1S/C34H45N5O6.2C2HF3O2/c35-20-9-23-38(22-8-7-21-37(24-27-10-3-1-4-11-27)25-28-12-5-2-6-13-28)33(42)19-18-32(41)36-31(26-40)34(43)29-14-16-30(17-15-29)39(44)45;2*3-2(4,5)1(6)7/h1-6,10-17,31,34,40,43H,7-9,18-26,35H2,(H,36,41);2*(H,6,7)/t31-,34-;;/m1../s1. The lowest BCUT2D eigenvalue weighted by Crippen LogP contribution is -3.09. The Morgan fingerprint density at radius 1 is 0.763 bits per heavy atom. The number of benzene rings is 3. The summed E-state index contributed by atoms with van der Waals surface area (Å²) < 4.78 is 63.1. The van der Waals surface area contributed by atoms with E-state index in [1.165, 1.54) is 40.3 Å². The number of carbonyl (C=O) groups excluding carboxylic acids is 4. The number of nitro benzene ring substituents is 1. The Kier molecular flexibility index (Phi) is 23.0. The van der Waals surface area contributed by atoms with Gasteiger partial charge in [0.2, 0.25) is 11.8 Å². The summed E-state index contributed by atoms with van der Waals surface area (Å²) in [6.07, 6.45) is -9.18. The summed E-state index contributed by atoms with van der Waals surface area (Å²) in [5.41, 5.74) is 6.67. The van der Waals surface area contributed by atoms with Crippen molar-refractivity contribution in [2.24, 2.45) is 0 Å². The van der Waals surface area contributed by atoms with Gasteiger partial charge in [-0.1, -0.05) is 60.7 Å². The summed E-state index contributed by atoms with van der Waals surface area (Å²) in [4.78, 5) is 57.0. The van der Waals surface area contributed by atoms with Crippen molar-refractivity contribution in [2.45, 2.75) is 69.7 Å². The lowest BCUT2D eigenvalue weighted by molar-refractivity contribution is -0.927. The normalized spacial score (nSPS) is 12.2. The number of nitrogens with zero attached hydrogens (tertiary/aromatic N) is 2. The quantitative estimate of drug-likeness (QED) is 0.0441. The molecule has 0 radical (unpaired) electrons. The molecule has 7 N–H and O–H groups in total. The van der Waals surface area contributed by atoms with E-state index in [1.54, 1.807) is 0 Å². The first-order valence-corrected chi connectivity index (χ1v) is 18.1. The van der Waals surface area contributed by atoms with Crippen LogP contribution in [0.2, 0.25) is 0 Å². The average molecular weight is 848 g/mol. The van der Waals surface area contributed by atoms with E-state index in [0.717, 1.165) is 38.9 Å². The Morgan fingerprint density at radius 2 is 1.22 bits per heavy atom. The highest BCUT2D eigenvalue weighted by molar-refractivity contribution is 5.84. The molecule has 0 saturated carbocycles. The number of carbonyl (C=O) groups is 4. The number of non-ortho nitro benzene ring substituents is 1. The summed E-state index contributed by atoms with van der Waals surface area (Å²) in [5, 5.41) is 51.4. The van der Waals surface area contributed by atoms with Gasteiger partial charge >= 0.3 is 12.4 Å². The molecule has 0 spiro atoms. The fourth-order valence-corrected chi connectivity index (χ4v) is 5.26. The Bertz CT molecular complexity index is 1650. The van der Waals surface area contributed by atoms with Crippen LogP contribution in [0.5, 0.6) is 0 Å². The van der Waals surface area contributed by atoms with Crippen molar-refractivity contribution in [3.63, 3.8) is 0 Å². The maximum absolute atomic E-state index is 13.1. The number of aliphatic carboxylic acids is 2. The van der Waals surface area contributed by atoms with Gasteiger partial charge < -0.3 is 50.9 Å². The van der Waals surface area contributed by atoms with Gasteiger partial charge in [0.15, 0.2) is 0 Å². The van der Waals surface area contributed by atoms with Crippen LogP contribution in [0.1, 0.15) is 54.9 Å². The molecule has 0 bridgehead atoms. The predicted octanol–water partition coefficient (Wildman–Crippen LogP) is 0.00880. The second-order valence-electron chi connectivity index (χ2n) is 12.8. The number of nitro groups is 1. The largest absolute Gasteiger partial charge is 0.542 e. The molecule has 0 heterocycles. The first kappa shape index (κ1) is 51.4. The molecule has 0 aromatic heterocycles. The molecule has 3 aromatic rings. The van der Waals surface area contributed by atoms with E-state index in [9.17, 15) is 56.3 Å². The molecular formula is C38H47F6N5O10. The number of aliphatic hydroxyl groups is 2. The zero-order valence-corrected chi connectivity index (χ0v) is 31.8. The molecule has 0 aliphatic carbocycles. The SMILES string of the molecule is O=C([O-])C(F)(F)F.O=C([O-])C(F)(F)F.[NH3+]CCCN(CCCC[NH+](Cc1ccccc1)Cc1ccccc1)C(=O)CCC(=O)N[C@H](CO)[C@H](O)c1ccc([N+](=O)[O-])cc1. The van der Waals surface area contributed by atoms with Crippen molar-refractivity contribution in [2.75, 3.05) is 32.8 Å². The van der Waals surface area contributed by atoms with Crippen LogP contribution in [-0.4, -0.2) is 95.0 Å². The summed E-state index contributed by atoms with van der Waals surface area (Å²) in [6, 6.07) is 25.1. The number of halogens is 6. The van der Waals surface area contributed by atoms with E-state index in [-0.39, 0.29) is 24.4 Å². The second kappa shape index (κ2) is 26.4. The molecule has 0 saturated heterocycles. The minimum atomic E-state index is -5.19. The monoisotopic (exact) mass is 847 g/mol. The first-order valence-electron chi connectivity index (χ1n) is 18.1. The Hall–Kier alpha value is -5.64. The number of aliphatic hydroxyl groups excluding tert-OH is 2. The molecule has 59 heavy (non-hydrogen) atoms. The predicted molar refractivity (Wildman–Crippen MR) is 193 cm³/mol. The van der Waals surface area contributed by atoms with E-state index < -0.39 is 53.9 Å². The van der Waals surface area contributed by atoms with Crippen LogP contribution in [0.3, 0.4) is 0 Å². The molecule has 0 aliphatic rings. The molecule has 0 aliphatic heterocycles. The third kappa shape index (κ3) is 21.6. The molecule has 0 fully saturated rings. The number of carboxylic acids is 2. The summed E-state index contributed by atoms with van der Waals surface area (Å²) in [7, 11) is 0. The number of hydrogen-bond donors (Lipinski definition) is 5. The zero-order chi connectivity index (χ0) is 44.6. The number of unbranched alkanes of at least 4 members (excludes halogenated alkanes) is 1. The third-order valence-corrected chi connectivity index (χ3v) is 8.23. The van der Waals surface area contributed by atoms with Crippen molar-refractivity contribution >= 4 is 29.4 Å².